The molecule has 4 N–H and O–H groups in total. The van der Waals surface area contributed by atoms with Crippen molar-refractivity contribution in [2.75, 3.05) is 0 Å². The number of aromatic nitrogens is 3. The van der Waals surface area contributed by atoms with Crippen molar-refractivity contribution >= 4 is 47.0 Å². The van der Waals surface area contributed by atoms with Crippen LogP contribution in [0.4, 0.5) is 9.59 Å². The fourth-order valence-corrected chi connectivity index (χ4v) is 3.78. The Balaban J connectivity index is 2.17. The molecule has 1 aromatic carbocycles. The summed E-state index contributed by atoms with van der Waals surface area (Å²) in [6.07, 6.45) is -1.34. The molecule has 2 amide bonds. The van der Waals surface area contributed by atoms with Gasteiger partial charge in [-0.2, -0.15) is 0 Å². The van der Waals surface area contributed by atoms with Gasteiger partial charge in [0.1, 0.15) is 5.52 Å². The minimum Gasteiger partial charge on any atom is -0.465 e. The number of H-pyrrole nitrogens is 2. The lowest BCUT2D eigenvalue weighted by Gasteiger charge is -2.27. The molecule has 0 fully saturated rings. The summed E-state index contributed by atoms with van der Waals surface area (Å²) in [6.45, 7) is 1.87. The zero-order valence-corrected chi connectivity index (χ0v) is 16.8. The lowest BCUT2D eigenvalue weighted by Crippen LogP contribution is -2.38. The first-order valence-corrected chi connectivity index (χ1v) is 9.36. The van der Waals surface area contributed by atoms with Gasteiger partial charge in [0, 0.05) is 11.2 Å². The van der Waals surface area contributed by atoms with Crippen molar-refractivity contribution in [3.05, 3.63) is 61.7 Å². The highest BCUT2D eigenvalue weighted by Gasteiger charge is 2.31. The van der Waals surface area contributed by atoms with Crippen LogP contribution in [0.1, 0.15) is 30.5 Å². The highest BCUT2D eigenvalue weighted by Crippen LogP contribution is 2.31. The number of amides is 2. The van der Waals surface area contributed by atoms with Gasteiger partial charge >= 0.3 is 12.2 Å². The van der Waals surface area contributed by atoms with Crippen LogP contribution in [0.5, 0.6) is 0 Å². The van der Waals surface area contributed by atoms with Crippen LogP contribution >= 0.6 is 23.8 Å². The van der Waals surface area contributed by atoms with Crippen LogP contribution in [0.3, 0.4) is 0 Å². The minimum absolute atomic E-state index is 0.181. The normalized spacial score (nSPS) is 12.1. The molecule has 0 saturated heterocycles. The molecule has 29 heavy (non-hydrogen) atoms. The Kier molecular flexibility index (Phi) is 5.76. The Morgan fingerprint density at radius 1 is 1.28 bits per heavy atom. The van der Waals surface area contributed by atoms with E-state index in [-0.39, 0.29) is 23.3 Å². The molecular formula is C18H17ClN4O5S. The number of halogens is 1. The maximum atomic E-state index is 12.0. The average molecular weight is 437 g/mol. The Morgan fingerprint density at radius 2 is 1.97 bits per heavy atom. The Hall–Kier alpha value is -3.11. The molecule has 3 aromatic rings. The molecule has 152 valence electrons. The van der Waals surface area contributed by atoms with Crippen LogP contribution in [-0.2, 0) is 6.54 Å². The summed E-state index contributed by atoms with van der Waals surface area (Å²) in [5.41, 5.74) is 1.64. The predicted octanol–water partition coefficient (Wildman–Crippen LogP) is 4.20. The lowest BCUT2D eigenvalue weighted by molar-refractivity contribution is 0.104. The van der Waals surface area contributed by atoms with Crippen LogP contribution in [0.25, 0.3) is 11.0 Å². The fourth-order valence-electron chi connectivity index (χ4n) is 3.34. The molecule has 0 radical (unpaired) electrons. The number of hydrogen-bond acceptors (Lipinski definition) is 4. The quantitative estimate of drug-likeness (QED) is 0.443. The maximum absolute atomic E-state index is 12.0. The van der Waals surface area contributed by atoms with Crippen LogP contribution in [0, 0.1) is 4.77 Å². The lowest BCUT2D eigenvalue weighted by atomic mass is 9.97. The molecule has 0 aliphatic heterocycles. The summed E-state index contributed by atoms with van der Waals surface area (Å²) in [7, 11) is 0. The second-order valence-electron chi connectivity index (χ2n) is 6.29. The molecular weight excluding hydrogens is 420 g/mol. The highest BCUT2D eigenvalue weighted by atomic mass is 35.5. The highest BCUT2D eigenvalue weighted by molar-refractivity contribution is 7.71. The molecule has 0 aliphatic rings. The van der Waals surface area contributed by atoms with E-state index >= 15 is 0 Å². The van der Waals surface area contributed by atoms with E-state index in [1.165, 1.54) is 0 Å². The number of nitrogens with zero attached hydrogens (tertiary/aromatic N) is 2. The third-order valence-electron chi connectivity index (χ3n) is 4.61. The van der Waals surface area contributed by atoms with E-state index in [2.05, 4.69) is 9.97 Å². The van der Waals surface area contributed by atoms with E-state index in [9.17, 15) is 24.6 Å². The number of imide groups is 1. The van der Waals surface area contributed by atoms with Crippen molar-refractivity contribution in [2.45, 2.75) is 25.9 Å². The smallest absolute Gasteiger partial charge is 0.417 e. The summed E-state index contributed by atoms with van der Waals surface area (Å²) in [5, 5.41) is 19.1. The molecule has 0 spiro atoms. The second-order valence-corrected chi connectivity index (χ2v) is 7.11. The van der Waals surface area contributed by atoms with Gasteiger partial charge < -0.3 is 19.8 Å². The molecule has 2 heterocycles. The Morgan fingerprint density at radius 3 is 2.59 bits per heavy atom. The number of aromatic amines is 2. The van der Waals surface area contributed by atoms with Gasteiger partial charge in [0.2, 0.25) is 0 Å². The van der Waals surface area contributed by atoms with E-state index in [0.717, 1.165) is 0 Å². The van der Waals surface area contributed by atoms with Crippen molar-refractivity contribution in [3.8, 4) is 0 Å². The topological polar surface area (TPSA) is 131 Å². The Labute approximate surface area is 174 Å². The van der Waals surface area contributed by atoms with Gasteiger partial charge in [0.15, 0.2) is 4.77 Å². The van der Waals surface area contributed by atoms with Gasteiger partial charge in [-0.25, -0.2) is 14.5 Å². The van der Waals surface area contributed by atoms with Gasteiger partial charge in [0.25, 0.3) is 5.56 Å². The van der Waals surface area contributed by atoms with E-state index in [4.69, 9.17) is 23.8 Å². The fraction of sp³-hybridized carbons (Fsp3) is 0.222. The standard InChI is InChI=1S/C18H17ClN4O5S/c1-2-12(23(17(25)26)18(27)28)11-7-10(19)4-3-9(11)8-22-13-5-6-20-14(13)15(24)21-16(22)29/h3-7,12,20H,2,8H2,1H3,(H,25,26)(H,27,28)(H,21,24,29)/t12-/m1/s1. The predicted molar refractivity (Wildman–Crippen MR) is 109 cm³/mol. The molecule has 11 heteroatoms. The Bertz CT molecular complexity index is 1200. The zero-order valence-electron chi connectivity index (χ0n) is 15.2. The van der Waals surface area contributed by atoms with Crippen LogP contribution < -0.4 is 5.56 Å². The van der Waals surface area contributed by atoms with Gasteiger partial charge in [-0.3, -0.25) is 9.78 Å². The van der Waals surface area contributed by atoms with Gasteiger partial charge in [-0.05, 0) is 48.0 Å². The third-order valence-corrected chi connectivity index (χ3v) is 5.17. The van der Waals surface area contributed by atoms with Crippen LogP contribution in [0.15, 0.2) is 35.3 Å². The summed E-state index contributed by atoms with van der Waals surface area (Å²) in [4.78, 5) is 40.9. The van der Waals surface area contributed by atoms with Gasteiger partial charge in [-0.1, -0.05) is 24.6 Å². The molecule has 9 nitrogen and oxygen atoms in total. The summed E-state index contributed by atoms with van der Waals surface area (Å²) in [5.74, 6) is 0. The van der Waals surface area contributed by atoms with Gasteiger partial charge in [0.05, 0.1) is 18.1 Å². The van der Waals surface area contributed by atoms with Crippen LogP contribution in [-0.4, -0.2) is 41.8 Å². The number of rotatable bonds is 5. The van der Waals surface area contributed by atoms with Crippen LogP contribution in [0.2, 0.25) is 5.02 Å². The molecule has 2 aromatic heterocycles. The number of carbonyl (C=O) groups is 2. The summed E-state index contributed by atoms with van der Waals surface area (Å²) in [6, 6.07) is 5.61. The molecule has 0 bridgehead atoms. The molecule has 1 atom stereocenters. The van der Waals surface area contributed by atoms with E-state index in [1.54, 1.807) is 42.0 Å². The number of fused-ring (bicyclic) bond motifs is 1. The number of hydrogen-bond donors (Lipinski definition) is 4. The number of nitrogens with one attached hydrogen (secondary N) is 2. The second kappa shape index (κ2) is 8.10. The number of benzene rings is 1. The first kappa shape index (κ1) is 20.6. The number of carboxylic acid groups (broad SMARTS) is 2. The largest absolute Gasteiger partial charge is 0.465 e. The molecule has 0 saturated carbocycles. The minimum atomic E-state index is -1.58. The first-order valence-electron chi connectivity index (χ1n) is 8.58. The van der Waals surface area contributed by atoms with Crippen molar-refractivity contribution in [1.82, 2.24) is 19.4 Å². The monoisotopic (exact) mass is 436 g/mol. The van der Waals surface area contributed by atoms with E-state index < -0.39 is 18.2 Å². The SMILES string of the molecule is CC[C@H](c1cc(Cl)ccc1Cn1c(=S)[nH]c(=O)c2[nH]ccc21)N(C(=O)O)C(=O)O. The van der Waals surface area contributed by atoms with Crippen molar-refractivity contribution in [1.29, 1.82) is 0 Å². The van der Waals surface area contributed by atoms with Crippen molar-refractivity contribution in [3.63, 3.8) is 0 Å². The zero-order chi connectivity index (χ0) is 21.3. The van der Waals surface area contributed by atoms with E-state index in [0.29, 0.717) is 32.1 Å². The summed E-state index contributed by atoms with van der Waals surface area (Å²) >= 11 is 11.4. The maximum Gasteiger partial charge on any atom is 0.417 e. The summed E-state index contributed by atoms with van der Waals surface area (Å²) < 4.78 is 1.86. The van der Waals surface area contributed by atoms with E-state index in [1.807, 2.05) is 0 Å². The molecule has 0 unspecified atom stereocenters. The first-order chi connectivity index (χ1) is 13.7. The average Bonchev–Trinajstić information content (AvgIpc) is 3.13. The van der Waals surface area contributed by atoms with Crippen molar-refractivity contribution in [2.24, 2.45) is 0 Å². The molecule has 3 rings (SSSR count). The third kappa shape index (κ3) is 3.89. The van der Waals surface area contributed by atoms with Gasteiger partial charge in [-0.15, -0.1) is 0 Å². The molecule has 0 aliphatic carbocycles. The van der Waals surface area contributed by atoms with Crippen molar-refractivity contribution < 1.29 is 19.8 Å².